The maximum atomic E-state index is 11.0. The Morgan fingerprint density at radius 3 is 2.85 bits per heavy atom. The van der Waals surface area contributed by atoms with Crippen LogP contribution in [0, 0.1) is 6.92 Å². The molecule has 0 aliphatic heterocycles. The number of thiophene rings is 1. The molecule has 20 heavy (non-hydrogen) atoms. The molecule has 0 unspecified atom stereocenters. The molecule has 0 saturated heterocycles. The standard InChI is InChI=1S/C14H11NO2S3/c1-8-9(6-12(19-8)13(16)17)7-18-14-15-10-4-2-3-5-11(10)20-14/h2-6H,7H2,1H3,(H,16,17). The number of aromatic nitrogens is 1. The smallest absolute Gasteiger partial charge is 0.345 e. The van der Waals surface area contributed by atoms with Gasteiger partial charge in [0.2, 0.25) is 0 Å². The normalized spacial score (nSPS) is 11.1. The first-order valence-electron chi connectivity index (χ1n) is 5.94. The molecule has 102 valence electrons. The first-order chi connectivity index (χ1) is 9.63. The molecule has 1 N–H and O–H groups in total. The Hall–Kier alpha value is -1.37. The highest BCUT2D eigenvalue weighted by molar-refractivity contribution is 8.00. The number of fused-ring (bicyclic) bond motifs is 1. The van der Waals surface area contributed by atoms with E-state index in [1.807, 2.05) is 25.1 Å². The molecular formula is C14H11NO2S3. The lowest BCUT2D eigenvalue weighted by Gasteiger charge is -1.96. The van der Waals surface area contributed by atoms with Gasteiger partial charge in [0, 0.05) is 10.6 Å². The van der Waals surface area contributed by atoms with Crippen molar-refractivity contribution in [3.05, 3.63) is 45.6 Å². The van der Waals surface area contributed by atoms with Crippen LogP contribution in [0.4, 0.5) is 0 Å². The van der Waals surface area contributed by atoms with Crippen molar-refractivity contribution in [1.82, 2.24) is 4.98 Å². The minimum absolute atomic E-state index is 0.405. The Kier molecular flexibility index (Phi) is 3.78. The highest BCUT2D eigenvalue weighted by Crippen LogP contribution is 2.33. The van der Waals surface area contributed by atoms with Gasteiger partial charge in [-0.05, 0) is 30.7 Å². The van der Waals surface area contributed by atoms with Crippen molar-refractivity contribution in [2.75, 3.05) is 0 Å². The average molecular weight is 321 g/mol. The molecule has 0 saturated carbocycles. The Bertz CT molecular complexity index is 743. The number of aromatic carboxylic acids is 1. The van der Waals surface area contributed by atoms with Crippen molar-refractivity contribution >= 4 is 50.6 Å². The lowest BCUT2D eigenvalue weighted by molar-refractivity contribution is 0.0702. The fourth-order valence-electron chi connectivity index (χ4n) is 1.82. The van der Waals surface area contributed by atoms with Gasteiger partial charge < -0.3 is 5.11 Å². The molecule has 2 aromatic heterocycles. The second kappa shape index (κ2) is 5.55. The maximum absolute atomic E-state index is 11.0. The Labute approximate surface area is 128 Å². The molecule has 6 heteroatoms. The molecule has 2 heterocycles. The van der Waals surface area contributed by atoms with Gasteiger partial charge in [-0.25, -0.2) is 9.78 Å². The summed E-state index contributed by atoms with van der Waals surface area (Å²) in [6, 6.07) is 9.84. The van der Waals surface area contributed by atoms with E-state index in [-0.39, 0.29) is 0 Å². The number of thioether (sulfide) groups is 1. The predicted octanol–water partition coefficient (Wildman–Crippen LogP) is 4.66. The number of rotatable bonds is 4. The molecule has 0 fully saturated rings. The van der Waals surface area contributed by atoms with Gasteiger partial charge in [-0.2, -0.15) is 0 Å². The lowest BCUT2D eigenvalue weighted by Crippen LogP contribution is -1.90. The van der Waals surface area contributed by atoms with Crippen molar-refractivity contribution in [3.63, 3.8) is 0 Å². The van der Waals surface area contributed by atoms with Crippen LogP contribution in [-0.2, 0) is 5.75 Å². The molecule has 0 bridgehead atoms. The average Bonchev–Trinajstić information content (AvgIpc) is 2.99. The topological polar surface area (TPSA) is 50.2 Å². The van der Waals surface area contributed by atoms with E-state index in [4.69, 9.17) is 5.11 Å². The summed E-state index contributed by atoms with van der Waals surface area (Å²) >= 11 is 4.67. The molecule has 3 aromatic rings. The van der Waals surface area contributed by atoms with Gasteiger partial charge >= 0.3 is 5.97 Å². The third-order valence-corrected chi connectivity index (χ3v) is 6.17. The monoisotopic (exact) mass is 321 g/mol. The molecule has 0 radical (unpaired) electrons. The molecular weight excluding hydrogens is 310 g/mol. The molecule has 0 atom stereocenters. The molecule has 0 amide bonds. The summed E-state index contributed by atoms with van der Waals surface area (Å²) in [5.74, 6) is -0.0931. The maximum Gasteiger partial charge on any atom is 0.345 e. The molecule has 3 rings (SSSR count). The Morgan fingerprint density at radius 2 is 2.15 bits per heavy atom. The van der Waals surface area contributed by atoms with Gasteiger partial charge in [0.1, 0.15) is 4.88 Å². The SMILES string of the molecule is Cc1sc(C(=O)O)cc1CSc1nc2ccccc2s1. The largest absolute Gasteiger partial charge is 0.477 e. The van der Waals surface area contributed by atoms with E-state index in [0.29, 0.717) is 4.88 Å². The lowest BCUT2D eigenvalue weighted by atomic mass is 10.3. The summed E-state index contributed by atoms with van der Waals surface area (Å²) < 4.78 is 2.21. The van der Waals surface area contributed by atoms with E-state index >= 15 is 0 Å². The number of carboxylic acids is 1. The summed E-state index contributed by atoms with van der Waals surface area (Å²) in [6.45, 7) is 1.96. The zero-order chi connectivity index (χ0) is 14.1. The van der Waals surface area contributed by atoms with Crippen LogP contribution in [0.5, 0.6) is 0 Å². The highest BCUT2D eigenvalue weighted by atomic mass is 32.2. The first-order valence-corrected chi connectivity index (χ1v) is 8.56. The zero-order valence-corrected chi connectivity index (χ0v) is 13.1. The van der Waals surface area contributed by atoms with E-state index in [0.717, 1.165) is 26.0 Å². The fraction of sp³-hybridized carbons (Fsp3) is 0.143. The van der Waals surface area contributed by atoms with E-state index in [1.54, 1.807) is 29.2 Å². The molecule has 3 nitrogen and oxygen atoms in total. The van der Waals surface area contributed by atoms with Crippen LogP contribution < -0.4 is 0 Å². The van der Waals surface area contributed by atoms with Gasteiger partial charge in [-0.1, -0.05) is 23.9 Å². The van der Waals surface area contributed by atoms with Crippen LogP contribution in [0.15, 0.2) is 34.7 Å². The predicted molar refractivity (Wildman–Crippen MR) is 85.2 cm³/mol. The first kappa shape index (κ1) is 13.6. The van der Waals surface area contributed by atoms with Crippen LogP contribution in [0.1, 0.15) is 20.1 Å². The van der Waals surface area contributed by atoms with Gasteiger partial charge in [0.15, 0.2) is 4.34 Å². The van der Waals surface area contributed by atoms with E-state index in [2.05, 4.69) is 11.1 Å². The van der Waals surface area contributed by atoms with Gasteiger partial charge in [-0.15, -0.1) is 22.7 Å². The number of hydrogen-bond donors (Lipinski definition) is 1. The van der Waals surface area contributed by atoms with Crippen LogP contribution in [0.25, 0.3) is 10.2 Å². The summed E-state index contributed by atoms with van der Waals surface area (Å²) in [5, 5.41) is 9.00. The van der Waals surface area contributed by atoms with Gasteiger partial charge in [0.05, 0.1) is 10.2 Å². The second-order valence-electron chi connectivity index (χ2n) is 4.23. The summed E-state index contributed by atoms with van der Waals surface area (Å²) in [5.41, 5.74) is 2.10. The fourth-order valence-corrected chi connectivity index (χ4v) is 4.91. The Balaban J connectivity index is 1.77. The summed E-state index contributed by atoms with van der Waals surface area (Å²) in [6.07, 6.45) is 0. The van der Waals surface area contributed by atoms with Crippen LogP contribution in [0.2, 0.25) is 0 Å². The van der Waals surface area contributed by atoms with Crippen molar-refractivity contribution in [2.24, 2.45) is 0 Å². The van der Waals surface area contributed by atoms with Gasteiger partial charge in [0.25, 0.3) is 0 Å². The number of nitrogens with zero attached hydrogens (tertiary/aromatic N) is 1. The van der Waals surface area contributed by atoms with E-state index < -0.39 is 5.97 Å². The molecule has 0 spiro atoms. The van der Waals surface area contributed by atoms with E-state index in [9.17, 15) is 4.79 Å². The van der Waals surface area contributed by atoms with Crippen molar-refractivity contribution in [3.8, 4) is 0 Å². The third-order valence-electron chi connectivity index (χ3n) is 2.86. The molecule has 0 aliphatic rings. The summed E-state index contributed by atoms with van der Waals surface area (Å²) in [7, 11) is 0. The van der Waals surface area contributed by atoms with Crippen molar-refractivity contribution in [1.29, 1.82) is 0 Å². The van der Waals surface area contributed by atoms with Crippen molar-refractivity contribution in [2.45, 2.75) is 17.0 Å². The number of thiazole rings is 1. The zero-order valence-electron chi connectivity index (χ0n) is 10.6. The minimum atomic E-state index is -0.852. The second-order valence-corrected chi connectivity index (χ2v) is 7.74. The Morgan fingerprint density at radius 1 is 1.35 bits per heavy atom. The van der Waals surface area contributed by atoms with Crippen LogP contribution >= 0.6 is 34.4 Å². The van der Waals surface area contributed by atoms with Crippen molar-refractivity contribution < 1.29 is 9.90 Å². The number of para-hydroxylation sites is 1. The number of benzene rings is 1. The number of carboxylic acid groups (broad SMARTS) is 1. The number of carbonyl (C=O) groups is 1. The van der Waals surface area contributed by atoms with Gasteiger partial charge in [-0.3, -0.25) is 0 Å². The number of hydrogen-bond acceptors (Lipinski definition) is 5. The molecule has 1 aromatic carbocycles. The van der Waals surface area contributed by atoms with Crippen LogP contribution in [0.3, 0.4) is 0 Å². The quantitative estimate of drug-likeness (QED) is 0.710. The third kappa shape index (κ3) is 2.72. The van der Waals surface area contributed by atoms with E-state index in [1.165, 1.54) is 16.0 Å². The highest BCUT2D eigenvalue weighted by Gasteiger charge is 2.12. The number of aryl methyl sites for hydroxylation is 1. The molecule has 0 aliphatic carbocycles. The van der Waals surface area contributed by atoms with Crippen LogP contribution in [-0.4, -0.2) is 16.1 Å². The minimum Gasteiger partial charge on any atom is -0.477 e. The summed E-state index contributed by atoms with van der Waals surface area (Å²) in [4.78, 5) is 17.0.